The molecule has 0 aliphatic carbocycles. The molecule has 4 nitrogen and oxygen atoms in total. The summed E-state index contributed by atoms with van der Waals surface area (Å²) in [6.07, 6.45) is 4.31. The van der Waals surface area contributed by atoms with Gasteiger partial charge in [0.25, 0.3) is 0 Å². The van der Waals surface area contributed by atoms with E-state index in [0.29, 0.717) is 6.54 Å². The number of hydrogen-bond donors (Lipinski definition) is 1. The van der Waals surface area contributed by atoms with Crippen molar-refractivity contribution >= 4 is 0 Å². The van der Waals surface area contributed by atoms with Gasteiger partial charge in [0.15, 0.2) is 6.29 Å². The van der Waals surface area contributed by atoms with E-state index in [9.17, 15) is 0 Å². The smallest absolute Gasteiger partial charge is 0.172 e. The van der Waals surface area contributed by atoms with Gasteiger partial charge in [0.2, 0.25) is 0 Å². The molecule has 1 aromatic heterocycles. The fourth-order valence-electron chi connectivity index (χ4n) is 0.650. The lowest BCUT2D eigenvalue weighted by atomic mass is 10.6. The van der Waals surface area contributed by atoms with E-state index in [1.165, 1.54) is 7.11 Å². The molecule has 1 unspecified atom stereocenters. The zero-order valence-electron chi connectivity index (χ0n) is 5.77. The Morgan fingerprint density at radius 2 is 2.60 bits per heavy atom. The lowest BCUT2D eigenvalue weighted by molar-refractivity contribution is -0.0834. The monoisotopic (exact) mass is 142 g/mol. The molecule has 0 aliphatic rings. The van der Waals surface area contributed by atoms with Crippen molar-refractivity contribution in [1.82, 2.24) is 9.55 Å². The van der Waals surface area contributed by atoms with E-state index >= 15 is 0 Å². The van der Waals surface area contributed by atoms with Crippen LogP contribution >= 0.6 is 0 Å². The number of ether oxygens (including phenoxy) is 1. The van der Waals surface area contributed by atoms with Crippen molar-refractivity contribution in [2.24, 2.45) is 0 Å². The first-order chi connectivity index (χ1) is 4.83. The number of methoxy groups -OCH3 is 1. The van der Waals surface area contributed by atoms with Gasteiger partial charge in [-0.05, 0) is 0 Å². The molecule has 1 aromatic rings. The van der Waals surface area contributed by atoms with Crippen molar-refractivity contribution in [1.29, 1.82) is 0 Å². The molecule has 1 atom stereocenters. The summed E-state index contributed by atoms with van der Waals surface area (Å²) in [5.74, 6) is 0. The van der Waals surface area contributed by atoms with Crippen LogP contribution in [0.3, 0.4) is 0 Å². The largest absolute Gasteiger partial charge is 0.366 e. The highest BCUT2D eigenvalue weighted by molar-refractivity contribution is 4.73. The number of nitrogens with zero attached hydrogens (tertiary/aromatic N) is 2. The van der Waals surface area contributed by atoms with E-state index in [1.807, 2.05) is 0 Å². The maximum absolute atomic E-state index is 8.96. The highest BCUT2D eigenvalue weighted by atomic mass is 16.6. The fraction of sp³-hybridized carbons (Fsp3) is 0.500. The molecule has 1 rings (SSSR count). The van der Waals surface area contributed by atoms with Gasteiger partial charge < -0.3 is 14.4 Å². The van der Waals surface area contributed by atoms with E-state index in [-0.39, 0.29) is 0 Å². The maximum atomic E-state index is 8.96. The Labute approximate surface area is 59.1 Å². The summed E-state index contributed by atoms with van der Waals surface area (Å²) < 4.78 is 6.37. The Hall–Kier alpha value is -0.870. The Bertz CT molecular complexity index is 174. The highest BCUT2D eigenvalue weighted by Gasteiger charge is 1.99. The third-order valence-corrected chi connectivity index (χ3v) is 1.20. The zero-order chi connectivity index (χ0) is 7.40. The summed E-state index contributed by atoms with van der Waals surface area (Å²) in [5.41, 5.74) is 0. The minimum absolute atomic E-state index is 0.427. The number of aliphatic hydroxyl groups excluding tert-OH is 1. The van der Waals surface area contributed by atoms with Crippen LogP contribution in [0.2, 0.25) is 0 Å². The number of imidazole rings is 1. The van der Waals surface area contributed by atoms with E-state index < -0.39 is 6.29 Å². The Kier molecular flexibility index (Phi) is 2.42. The van der Waals surface area contributed by atoms with Crippen molar-refractivity contribution in [2.45, 2.75) is 12.8 Å². The van der Waals surface area contributed by atoms with Gasteiger partial charge in [-0.3, -0.25) is 0 Å². The topological polar surface area (TPSA) is 47.3 Å². The molecule has 0 amide bonds. The van der Waals surface area contributed by atoms with Crippen LogP contribution in [-0.2, 0) is 11.3 Å². The van der Waals surface area contributed by atoms with E-state index in [1.54, 1.807) is 23.3 Å². The van der Waals surface area contributed by atoms with E-state index in [0.717, 1.165) is 0 Å². The molecule has 0 radical (unpaired) electrons. The molecule has 1 N–H and O–H groups in total. The van der Waals surface area contributed by atoms with Crippen molar-refractivity contribution in [3.05, 3.63) is 18.7 Å². The lowest BCUT2D eigenvalue weighted by Crippen LogP contribution is -2.16. The summed E-state index contributed by atoms with van der Waals surface area (Å²) in [5, 5.41) is 8.96. The van der Waals surface area contributed by atoms with E-state index in [4.69, 9.17) is 5.11 Å². The van der Waals surface area contributed by atoms with Crippen molar-refractivity contribution in [2.75, 3.05) is 7.11 Å². The number of rotatable bonds is 3. The van der Waals surface area contributed by atoms with Gasteiger partial charge in [-0.1, -0.05) is 0 Å². The first kappa shape index (κ1) is 7.24. The second-order valence-electron chi connectivity index (χ2n) is 1.95. The van der Waals surface area contributed by atoms with Crippen LogP contribution in [0.5, 0.6) is 0 Å². The van der Waals surface area contributed by atoms with Gasteiger partial charge in [-0.25, -0.2) is 4.98 Å². The van der Waals surface area contributed by atoms with Crippen LogP contribution < -0.4 is 0 Å². The average Bonchev–Trinajstić information content (AvgIpc) is 2.40. The first-order valence-corrected chi connectivity index (χ1v) is 2.99. The molecular formula is C6H10N2O2. The summed E-state index contributed by atoms with van der Waals surface area (Å²) >= 11 is 0. The number of aromatic nitrogens is 2. The molecule has 4 heteroatoms. The average molecular weight is 142 g/mol. The van der Waals surface area contributed by atoms with Gasteiger partial charge in [0, 0.05) is 19.5 Å². The van der Waals surface area contributed by atoms with Gasteiger partial charge >= 0.3 is 0 Å². The van der Waals surface area contributed by atoms with Gasteiger partial charge in [0.05, 0.1) is 12.9 Å². The molecule has 0 saturated carbocycles. The fourth-order valence-corrected chi connectivity index (χ4v) is 0.650. The molecule has 0 aromatic carbocycles. The molecule has 0 bridgehead atoms. The maximum Gasteiger partial charge on any atom is 0.172 e. The van der Waals surface area contributed by atoms with Crippen LogP contribution in [0.25, 0.3) is 0 Å². The number of aliphatic hydroxyl groups is 1. The van der Waals surface area contributed by atoms with Crippen LogP contribution in [-0.4, -0.2) is 28.1 Å². The summed E-state index contributed by atoms with van der Waals surface area (Å²) in [4.78, 5) is 3.81. The molecule has 0 spiro atoms. The van der Waals surface area contributed by atoms with Gasteiger partial charge in [0.1, 0.15) is 0 Å². The standard InChI is InChI=1S/C6H10N2O2/c1-10-6(9)4-8-3-2-7-5-8/h2-3,5-6,9H,4H2,1H3. The summed E-state index contributed by atoms with van der Waals surface area (Å²) in [6, 6.07) is 0. The van der Waals surface area contributed by atoms with Gasteiger partial charge in [-0.15, -0.1) is 0 Å². The van der Waals surface area contributed by atoms with Crippen LogP contribution in [0, 0.1) is 0 Å². The predicted octanol–water partition coefficient (Wildman–Crippen LogP) is -0.152. The lowest BCUT2D eigenvalue weighted by Gasteiger charge is -2.07. The minimum Gasteiger partial charge on any atom is -0.366 e. The molecule has 0 fully saturated rings. The third kappa shape index (κ3) is 1.82. The zero-order valence-corrected chi connectivity index (χ0v) is 5.77. The summed E-state index contributed by atoms with van der Waals surface area (Å²) in [7, 11) is 1.46. The summed E-state index contributed by atoms with van der Waals surface area (Å²) in [6.45, 7) is 0.427. The normalized spacial score (nSPS) is 13.4. The molecule has 1 heterocycles. The van der Waals surface area contributed by atoms with Crippen LogP contribution in [0.15, 0.2) is 18.7 Å². The molecule has 56 valence electrons. The second-order valence-corrected chi connectivity index (χ2v) is 1.95. The van der Waals surface area contributed by atoms with Crippen molar-refractivity contribution < 1.29 is 9.84 Å². The Morgan fingerprint density at radius 1 is 1.80 bits per heavy atom. The predicted molar refractivity (Wildman–Crippen MR) is 35.2 cm³/mol. The molecule has 0 aliphatic heterocycles. The van der Waals surface area contributed by atoms with Crippen molar-refractivity contribution in [3.8, 4) is 0 Å². The minimum atomic E-state index is -0.741. The van der Waals surface area contributed by atoms with Crippen molar-refractivity contribution in [3.63, 3.8) is 0 Å². The Balaban J connectivity index is 2.40. The second kappa shape index (κ2) is 3.34. The van der Waals surface area contributed by atoms with Gasteiger partial charge in [-0.2, -0.15) is 0 Å². The van der Waals surface area contributed by atoms with Crippen LogP contribution in [0.1, 0.15) is 0 Å². The third-order valence-electron chi connectivity index (χ3n) is 1.20. The molecular weight excluding hydrogens is 132 g/mol. The Morgan fingerprint density at radius 3 is 3.10 bits per heavy atom. The van der Waals surface area contributed by atoms with E-state index in [2.05, 4.69) is 9.72 Å². The first-order valence-electron chi connectivity index (χ1n) is 2.99. The van der Waals surface area contributed by atoms with Crippen LogP contribution in [0.4, 0.5) is 0 Å². The highest BCUT2D eigenvalue weighted by Crippen LogP contribution is 1.91. The SMILES string of the molecule is COC(O)Cn1ccnc1. The molecule has 0 saturated heterocycles. The quantitative estimate of drug-likeness (QED) is 0.597. The number of hydrogen-bond acceptors (Lipinski definition) is 3. The molecule has 10 heavy (non-hydrogen) atoms.